The molecule has 162 valence electrons. The van der Waals surface area contributed by atoms with Gasteiger partial charge in [0.2, 0.25) is 5.95 Å². The van der Waals surface area contributed by atoms with Crippen molar-refractivity contribution in [3.8, 4) is 17.1 Å². The van der Waals surface area contributed by atoms with E-state index in [-0.39, 0.29) is 18.3 Å². The molecule has 0 spiro atoms. The van der Waals surface area contributed by atoms with Crippen molar-refractivity contribution in [2.75, 3.05) is 6.54 Å². The molecular weight excluding hydrogens is 407 g/mol. The molecule has 5 rings (SSSR count). The molecule has 0 bridgehead atoms. The molecule has 2 N–H and O–H groups in total. The Balaban J connectivity index is 1.45. The van der Waals surface area contributed by atoms with Crippen molar-refractivity contribution >= 4 is 16.8 Å². The van der Waals surface area contributed by atoms with Gasteiger partial charge in [-0.15, -0.1) is 0 Å². The number of rotatable bonds is 5. The lowest BCUT2D eigenvalue weighted by Crippen LogP contribution is -2.47. The lowest BCUT2D eigenvalue weighted by molar-refractivity contribution is -0.0300. The van der Waals surface area contributed by atoms with Gasteiger partial charge in [-0.05, 0) is 49.9 Å². The highest BCUT2D eigenvalue weighted by molar-refractivity contribution is 5.99. The number of hydrogen-bond donors (Lipinski definition) is 2. The van der Waals surface area contributed by atoms with Gasteiger partial charge in [0.25, 0.3) is 5.91 Å². The third kappa shape index (κ3) is 3.65. The van der Waals surface area contributed by atoms with E-state index in [4.69, 9.17) is 0 Å². The van der Waals surface area contributed by atoms with Crippen LogP contribution in [0, 0.1) is 12.7 Å². The van der Waals surface area contributed by atoms with Gasteiger partial charge in [0.1, 0.15) is 5.82 Å². The highest BCUT2D eigenvalue weighted by Crippen LogP contribution is 2.31. The summed E-state index contributed by atoms with van der Waals surface area (Å²) in [6.07, 6.45) is 7.53. The van der Waals surface area contributed by atoms with Crippen LogP contribution < -0.4 is 5.32 Å². The maximum Gasteiger partial charge on any atom is 0.251 e. The van der Waals surface area contributed by atoms with E-state index in [0.717, 1.165) is 22.9 Å². The molecule has 6 nitrogen and oxygen atoms in total. The highest BCUT2D eigenvalue weighted by atomic mass is 19.1. The third-order valence-electron chi connectivity index (χ3n) is 6.17. The van der Waals surface area contributed by atoms with Crippen LogP contribution in [0.1, 0.15) is 35.2 Å². The number of aryl methyl sites for hydroxylation is 1. The van der Waals surface area contributed by atoms with Crippen LogP contribution in [-0.2, 0) is 0 Å². The Bertz CT molecular complexity index is 1310. The van der Waals surface area contributed by atoms with Crippen molar-refractivity contribution in [1.29, 1.82) is 0 Å². The van der Waals surface area contributed by atoms with Crippen LogP contribution in [0.2, 0.25) is 0 Å². The maximum absolute atomic E-state index is 14.1. The Labute approximate surface area is 184 Å². The quantitative estimate of drug-likeness (QED) is 0.498. The summed E-state index contributed by atoms with van der Waals surface area (Å²) in [4.78, 5) is 21.6. The summed E-state index contributed by atoms with van der Waals surface area (Å²) >= 11 is 0. The van der Waals surface area contributed by atoms with Gasteiger partial charge in [0, 0.05) is 47.2 Å². The van der Waals surface area contributed by atoms with E-state index < -0.39 is 5.60 Å². The number of aromatic nitrogens is 3. The summed E-state index contributed by atoms with van der Waals surface area (Å²) < 4.78 is 15.9. The van der Waals surface area contributed by atoms with E-state index in [9.17, 15) is 14.3 Å². The molecule has 0 unspecified atom stereocenters. The summed E-state index contributed by atoms with van der Waals surface area (Å²) in [6, 6.07) is 12.0. The van der Waals surface area contributed by atoms with E-state index >= 15 is 0 Å². The molecule has 2 aromatic carbocycles. The van der Waals surface area contributed by atoms with Crippen molar-refractivity contribution in [3.63, 3.8) is 0 Å². The Kier molecular flexibility index (Phi) is 4.98. The average molecular weight is 430 g/mol. The van der Waals surface area contributed by atoms with Gasteiger partial charge < -0.3 is 10.4 Å². The molecule has 0 saturated heterocycles. The van der Waals surface area contributed by atoms with Crippen LogP contribution in [0.5, 0.6) is 0 Å². The van der Waals surface area contributed by atoms with Crippen LogP contribution in [0.4, 0.5) is 4.39 Å². The van der Waals surface area contributed by atoms with Crippen LogP contribution in [-0.4, -0.2) is 37.7 Å². The summed E-state index contributed by atoms with van der Waals surface area (Å²) in [5.41, 5.74) is 2.59. The number of benzene rings is 2. The average Bonchev–Trinajstić information content (AvgIpc) is 3.12. The zero-order valence-corrected chi connectivity index (χ0v) is 17.7. The molecule has 1 fully saturated rings. The minimum atomic E-state index is -0.773. The standard InChI is InChI=1S/C25H23FN4O2/c1-16-14-30(24-27-12-18(13-28-24)20-5-2-3-6-21(20)26)22-11-17(7-8-19(16)22)23(31)29-15-25(32)9-4-10-25/h2-3,5-8,11-14,32H,4,9-10,15H2,1H3,(H,29,31). The first-order valence-corrected chi connectivity index (χ1v) is 10.6. The van der Waals surface area contributed by atoms with E-state index in [0.29, 0.717) is 35.5 Å². The highest BCUT2D eigenvalue weighted by Gasteiger charge is 2.34. The second-order valence-corrected chi connectivity index (χ2v) is 8.43. The molecule has 2 aromatic heterocycles. The van der Waals surface area contributed by atoms with Gasteiger partial charge in [0.05, 0.1) is 11.1 Å². The molecule has 4 aromatic rings. The van der Waals surface area contributed by atoms with Crippen LogP contribution in [0.15, 0.2) is 61.1 Å². The number of hydrogen-bond acceptors (Lipinski definition) is 4. The zero-order valence-electron chi connectivity index (χ0n) is 17.7. The number of carbonyl (C=O) groups excluding carboxylic acids is 1. The summed E-state index contributed by atoms with van der Waals surface area (Å²) in [5.74, 6) is -0.119. The molecular formula is C25H23FN4O2. The van der Waals surface area contributed by atoms with Gasteiger partial charge in [-0.2, -0.15) is 0 Å². The first-order valence-electron chi connectivity index (χ1n) is 10.6. The SMILES string of the molecule is Cc1cn(-c2ncc(-c3ccccc3F)cn2)c2cc(C(=O)NCC3(O)CCC3)ccc12. The van der Waals surface area contributed by atoms with Crippen molar-refractivity contribution in [3.05, 3.63) is 78.0 Å². The largest absolute Gasteiger partial charge is 0.388 e. The fourth-order valence-corrected chi connectivity index (χ4v) is 4.09. The predicted molar refractivity (Wildman–Crippen MR) is 120 cm³/mol. The number of aliphatic hydroxyl groups is 1. The van der Waals surface area contributed by atoms with Crippen molar-refractivity contribution in [2.24, 2.45) is 0 Å². The second-order valence-electron chi connectivity index (χ2n) is 8.43. The normalized spacial score (nSPS) is 14.8. The van der Waals surface area contributed by atoms with Gasteiger partial charge in [-0.25, -0.2) is 14.4 Å². The number of halogens is 1. The van der Waals surface area contributed by atoms with E-state index in [2.05, 4.69) is 15.3 Å². The number of nitrogens with one attached hydrogen (secondary N) is 1. The van der Waals surface area contributed by atoms with E-state index in [1.807, 2.05) is 23.8 Å². The summed E-state index contributed by atoms with van der Waals surface area (Å²) in [7, 11) is 0. The van der Waals surface area contributed by atoms with Gasteiger partial charge in [-0.1, -0.05) is 24.3 Å². The van der Waals surface area contributed by atoms with Crippen LogP contribution >= 0.6 is 0 Å². The van der Waals surface area contributed by atoms with Crippen LogP contribution in [0.25, 0.3) is 28.0 Å². The monoisotopic (exact) mass is 430 g/mol. The molecule has 0 aliphatic heterocycles. The van der Waals surface area contributed by atoms with Gasteiger partial charge in [-0.3, -0.25) is 9.36 Å². The van der Waals surface area contributed by atoms with Crippen LogP contribution in [0.3, 0.4) is 0 Å². The minimum Gasteiger partial charge on any atom is -0.388 e. The Morgan fingerprint density at radius 2 is 1.94 bits per heavy atom. The Morgan fingerprint density at radius 3 is 2.62 bits per heavy atom. The molecule has 1 aliphatic rings. The first-order chi connectivity index (χ1) is 15.4. The van der Waals surface area contributed by atoms with Gasteiger partial charge >= 0.3 is 0 Å². The minimum absolute atomic E-state index is 0.228. The van der Waals surface area contributed by atoms with Crippen molar-refractivity contribution < 1.29 is 14.3 Å². The van der Waals surface area contributed by atoms with Gasteiger partial charge in [0.15, 0.2) is 0 Å². The molecule has 0 radical (unpaired) electrons. The number of amides is 1. The number of fused-ring (bicyclic) bond motifs is 1. The Hall–Kier alpha value is -3.58. The van der Waals surface area contributed by atoms with E-state index in [1.54, 1.807) is 42.7 Å². The topological polar surface area (TPSA) is 80.0 Å². The predicted octanol–water partition coefficient (Wildman–Crippen LogP) is 4.18. The van der Waals surface area contributed by atoms with Crippen molar-refractivity contribution in [2.45, 2.75) is 31.8 Å². The number of nitrogens with zero attached hydrogens (tertiary/aromatic N) is 3. The molecule has 7 heteroatoms. The molecule has 1 aliphatic carbocycles. The zero-order chi connectivity index (χ0) is 22.3. The third-order valence-corrected chi connectivity index (χ3v) is 6.17. The molecule has 32 heavy (non-hydrogen) atoms. The summed E-state index contributed by atoms with van der Waals surface area (Å²) in [5, 5.41) is 14.1. The van der Waals surface area contributed by atoms with E-state index in [1.165, 1.54) is 6.07 Å². The first kappa shape index (κ1) is 20.3. The fraction of sp³-hybridized carbons (Fsp3) is 0.240. The molecule has 0 atom stereocenters. The smallest absolute Gasteiger partial charge is 0.251 e. The fourth-order valence-electron chi connectivity index (χ4n) is 4.09. The molecule has 1 saturated carbocycles. The van der Waals surface area contributed by atoms with Crippen molar-refractivity contribution in [1.82, 2.24) is 19.9 Å². The number of carbonyl (C=O) groups is 1. The maximum atomic E-state index is 14.1. The lowest BCUT2D eigenvalue weighted by atomic mass is 9.80. The molecule has 2 heterocycles. The summed E-state index contributed by atoms with van der Waals surface area (Å²) in [6.45, 7) is 2.24. The molecule has 1 amide bonds. The Morgan fingerprint density at radius 1 is 1.19 bits per heavy atom. The lowest BCUT2D eigenvalue weighted by Gasteiger charge is -2.36. The second kappa shape index (κ2) is 7.84.